The predicted octanol–water partition coefficient (Wildman–Crippen LogP) is 3.65. The Morgan fingerprint density at radius 3 is 2.95 bits per heavy atom. The summed E-state index contributed by atoms with van der Waals surface area (Å²) in [6.07, 6.45) is 3.42. The first kappa shape index (κ1) is 13.6. The van der Waals surface area contributed by atoms with Gasteiger partial charge >= 0.3 is 0 Å². The van der Waals surface area contributed by atoms with Crippen LogP contribution < -0.4 is 4.74 Å². The smallest absolute Gasteiger partial charge is 0.140 e. The van der Waals surface area contributed by atoms with Gasteiger partial charge in [0.25, 0.3) is 0 Å². The van der Waals surface area contributed by atoms with Gasteiger partial charge in [-0.05, 0) is 37.0 Å². The quantitative estimate of drug-likeness (QED) is 0.882. The van der Waals surface area contributed by atoms with Gasteiger partial charge in [0, 0.05) is 5.92 Å². The van der Waals surface area contributed by atoms with E-state index in [0.717, 1.165) is 27.7 Å². The van der Waals surface area contributed by atoms with Crippen LogP contribution in [0.25, 0.3) is 0 Å². The zero-order valence-electron chi connectivity index (χ0n) is 11.6. The Morgan fingerprint density at radius 2 is 2.25 bits per heavy atom. The minimum absolute atomic E-state index is 0.0921. The van der Waals surface area contributed by atoms with Crippen molar-refractivity contribution in [1.29, 1.82) is 0 Å². The molecule has 2 aromatic rings. The predicted molar refractivity (Wildman–Crippen MR) is 80.2 cm³/mol. The van der Waals surface area contributed by atoms with Gasteiger partial charge in [-0.25, -0.2) is 4.98 Å². The second kappa shape index (κ2) is 5.94. The molecule has 3 nitrogen and oxygen atoms in total. The maximum atomic E-state index is 9.39. The summed E-state index contributed by atoms with van der Waals surface area (Å²) in [7, 11) is 0. The standard InChI is InChI=1S/C16H19NO2S/c1-2-11-4-3-5-13(8-11)19-10-15-17-16(12-6-7-12)14(9-18)20-15/h3-5,8,12,18H,2,6-7,9-10H2,1H3. The Bertz CT molecular complexity index is 590. The van der Waals surface area contributed by atoms with Crippen molar-refractivity contribution in [3.63, 3.8) is 0 Å². The number of aliphatic hydroxyl groups excluding tert-OH is 1. The Kier molecular flexibility index (Phi) is 4.03. The number of ether oxygens (including phenoxy) is 1. The van der Waals surface area contributed by atoms with Gasteiger partial charge in [-0.3, -0.25) is 0 Å². The van der Waals surface area contributed by atoms with Crippen LogP contribution in [0, 0.1) is 0 Å². The van der Waals surface area contributed by atoms with Crippen molar-refractivity contribution < 1.29 is 9.84 Å². The Morgan fingerprint density at radius 1 is 1.40 bits per heavy atom. The van der Waals surface area contributed by atoms with Crippen LogP contribution in [0.3, 0.4) is 0 Å². The van der Waals surface area contributed by atoms with E-state index >= 15 is 0 Å². The van der Waals surface area contributed by atoms with Crippen LogP contribution >= 0.6 is 11.3 Å². The molecule has 3 rings (SSSR count). The molecule has 1 fully saturated rings. The molecule has 4 heteroatoms. The zero-order chi connectivity index (χ0) is 13.9. The number of thiazole rings is 1. The molecule has 1 aromatic carbocycles. The summed E-state index contributed by atoms with van der Waals surface area (Å²) in [6.45, 7) is 2.71. The molecule has 1 heterocycles. The van der Waals surface area contributed by atoms with Crippen molar-refractivity contribution in [2.75, 3.05) is 0 Å². The molecule has 0 amide bonds. The van der Waals surface area contributed by atoms with E-state index in [4.69, 9.17) is 4.74 Å². The first-order valence-corrected chi connectivity index (χ1v) is 7.93. The van der Waals surface area contributed by atoms with Crippen LogP contribution in [-0.4, -0.2) is 10.1 Å². The molecule has 0 atom stereocenters. The third-order valence-corrected chi connectivity index (χ3v) is 4.58. The monoisotopic (exact) mass is 289 g/mol. The molecule has 1 aromatic heterocycles. The Labute approximate surface area is 123 Å². The number of rotatable bonds is 6. The van der Waals surface area contributed by atoms with Crippen LogP contribution in [0.15, 0.2) is 24.3 Å². The highest BCUT2D eigenvalue weighted by molar-refractivity contribution is 7.11. The average molecular weight is 289 g/mol. The van der Waals surface area contributed by atoms with Crippen molar-refractivity contribution in [2.24, 2.45) is 0 Å². The summed E-state index contributed by atoms with van der Waals surface area (Å²) in [5, 5.41) is 10.3. The lowest BCUT2D eigenvalue weighted by Crippen LogP contribution is -1.96. The van der Waals surface area contributed by atoms with Crippen LogP contribution in [0.2, 0.25) is 0 Å². The number of benzene rings is 1. The Balaban J connectivity index is 1.68. The van der Waals surface area contributed by atoms with Crippen molar-refractivity contribution in [1.82, 2.24) is 4.98 Å². The summed E-state index contributed by atoms with van der Waals surface area (Å²) >= 11 is 1.57. The van der Waals surface area contributed by atoms with Crippen LogP contribution in [0.5, 0.6) is 5.75 Å². The normalized spacial score (nSPS) is 14.5. The molecule has 0 radical (unpaired) electrons. The molecule has 0 bridgehead atoms. The number of aryl methyl sites for hydroxylation is 1. The third kappa shape index (κ3) is 3.02. The second-order valence-corrected chi connectivity index (χ2v) is 6.31. The summed E-state index contributed by atoms with van der Waals surface area (Å²) in [5.74, 6) is 1.46. The molecule has 1 aliphatic rings. The molecule has 1 N–H and O–H groups in total. The van der Waals surface area contributed by atoms with E-state index in [9.17, 15) is 5.11 Å². The van der Waals surface area contributed by atoms with Crippen LogP contribution in [0.4, 0.5) is 0 Å². The molecule has 20 heavy (non-hydrogen) atoms. The first-order chi connectivity index (χ1) is 9.80. The molecular weight excluding hydrogens is 270 g/mol. The first-order valence-electron chi connectivity index (χ1n) is 7.11. The molecule has 1 saturated carbocycles. The van der Waals surface area contributed by atoms with Crippen LogP contribution in [0.1, 0.15) is 46.8 Å². The van der Waals surface area contributed by atoms with E-state index in [-0.39, 0.29) is 6.61 Å². The third-order valence-electron chi connectivity index (χ3n) is 3.55. The number of aliphatic hydroxyl groups is 1. The van der Waals surface area contributed by atoms with Gasteiger partial charge in [0.1, 0.15) is 17.4 Å². The number of aromatic nitrogens is 1. The summed E-state index contributed by atoms with van der Waals surface area (Å²) in [4.78, 5) is 5.64. The minimum atomic E-state index is 0.0921. The molecular formula is C16H19NO2S. The van der Waals surface area contributed by atoms with Crippen molar-refractivity contribution in [2.45, 2.75) is 45.3 Å². The Hall–Kier alpha value is -1.39. The van der Waals surface area contributed by atoms with E-state index in [0.29, 0.717) is 12.5 Å². The SMILES string of the molecule is CCc1cccc(OCc2nc(C3CC3)c(CO)s2)c1. The highest BCUT2D eigenvalue weighted by Gasteiger charge is 2.29. The molecule has 0 spiro atoms. The fourth-order valence-corrected chi connectivity index (χ4v) is 3.19. The number of nitrogens with zero attached hydrogens (tertiary/aromatic N) is 1. The van der Waals surface area contributed by atoms with Gasteiger partial charge in [-0.1, -0.05) is 19.1 Å². The van der Waals surface area contributed by atoms with E-state index < -0.39 is 0 Å². The van der Waals surface area contributed by atoms with Gasteiger partial charge < -0.3 is 9.84 Å². The van der Waals surface area contributed by atoms with E-state index in [1.54, 1.807) is 11.3 Å². The number of hydrogen-bond donors (Lipinski definition) is 1. The minimum Gasteiger partial charge on any atom is -0.486 e. The molecule has 0 aliphatic heterocycles. The molecule has 0 unspecified atom stereocenters. The van der Waals surface area contributed by atoms with E-state index in [2.05, 4.69) is 24.0 Å². The van der Waals surface area contributed by atoms with E-state index in [1.807, 2.05) is 12.1 Å². The van der Waals surface area contributed by atoms with Gasteiger partial charge in [0.2, 0.25) is 0 Å². The number of hydrogen-bond acceptors (Lipinski definition) is 4. The lowest BCUT2D eigenvalue weighted by atomic mass is 10.2. The molecule has 0 saturated heterocycles. The maximum absolute atomic E-state index is 9.39. The zero-order valence-corrected chi connectivity index (χ0v) is 12.4. The summed E-state index contributed by atoms with van der Waals surface area (Å²) < 4.78 is 5.81. The van der Waals surface area contributed by atoms with Gasteiger partial charge in [0.05, 0.1) is 17.2 Å². The van der Waals surface area contributed by atoms with E-state index in [1.165, 1.54) is 18.4 Å². The fourth-order valence-electron chi connectivity index (χ4n) is 2.27. The van der Waals surface area contributed by atoms with Crippen molar-refractivity contribution in [3.8, 4) is 5.75 Å². The lowest BCUT2D eigenvalue weighted by Gasteiger charge is -2.05. The summed E-state index contributed by atoms with van der Waals surface area (Å²) in [6, 6.07) is 8.17. The molecule has 1 aliphatic carbocycles. The van der Waals surface area contributed by atoms with Crippen LogP contribution in [-0.2, 0) is 19.6 Å². The largest absolute Gasteiger partial charge is 0.486 e. The summed E-state index contributed by atoms with van der Waals surface area (Å²) in [5.41, 5.74) is 2.37. The fraction of sp³-hybridized carbons (Fsp3) is 0.438. The highest BCUT2D eigenvalue weighted by atomic mass is 32.1. The lowest BCUT2D eigenvalue weighted by molar-refractivity contribution is 0.284. The second-order valence-electron chi connectivity index (χ2n) is 5.14. The van der Waals surface area contributed by atoms with Crippen molar-refractivity contribution >= 4 is 11.3 Å². The highest BCUT2D eigenvalue weighted by Crippen LogP contribution is 2.42. The van der Waals surface area contributed by atoms with Gasteiger partial charge in [-0.15, -0.1) is 11.3 Å². The topological polar surface area (TPSA) is 42.4 Å². The maximum Gasteiger partial charge on any atom is 0.140 e. The molecule has 106 valence electrons. The van der Waals surface area contributed by atoms with Gasteiger partial charge in [-0.2, -0.15) is 0 Å². The average Bonchev–Trinajstić information content (AvgIpc) is 3.25. The van der Waals surface area contributed by atoms with Crippen molar-refractivity contribution in [3.05, 3.63) is 45.4 Å². The van der Waals surface area contributed by atoms with Gasteiger partial charge in [0.15, 0.2) is 0 Å².